The highest BCUT2D eigenvalue weighted by Gasteiger charge is 2.25. The van der Waals surface area contributed by atoms with Crippen molar-refractivity contribution in [1.82, 2.24) is 0 Å². The number of ether oxygens (including phenoxy) is 2. The highest BCUT2D eigenvalue weighted by Crippen LogP contribution is 2.40. The Kier molecular flexibility index (Phi) is 7.57. The van der Waals surface area contributed by atoms with Gasteiger partial charge in [0.05, 0.1) is 11.6 Å². The van der Waals surface area contributed by atoms with Crippen molar-refractivity contribution >= 4 is 71.7 Å². The first kappa shape index (κ1) is 22.8. The second-order valence-corrected chi connectivity index (χ2v) is 9.58. The number of thiophene rings is 1. The Hall–Kier alpha value is -1.87. The molecule has 0 aliphatic heterocycles. The first-order valence-electron chi connectivity index (χ1n) is 8.65. The lowest BCUT2D eigenvalue weighted by Crippen LogP contribution is -2.21. The van der Waals surface area contributed by atoms with Gasteiger partial charge in [-0.2, -0.15) is 0 Å². The average molecular weight is 574 g/mol. The van der Waals surface area contributed by atoms with Gasteiger partial charge in [0.15, 0.2) is 6.61 Å². The molecule has 3 aromatic rings. The van der Waals surface area contributed by atoms with Crippen LogP contribution in [0.2, 0.25) is 5.02 Å². The lowest BCUT2D eigenvalue weighted by atomic mass is 10.0. The van der Waals surface area contributed by atoms with Gasteiger partial charge in [0.2, 0.25) is 0 Å². The van der Waals surface area contributed by atoms with E-state index >= 15 is 0 Å². The van der Waals surface area contributed by atoms with Gasteiger partial charge in [0.1, 0.15) is 16.3 Å². The van der Waals surface area contributed by atoms with E-state index in [9.17, 15) is 9.59 Å². The van der Waals surface area contributed by atoms with E-state index in [0.717, 1.165) is 20.5 Å². The van der Waals surface area contributed by atoms with E-state index < -0.39 is 11.9 Å². The molecule has 0 bridgehead atoms. The Bertz CT molecular complexity index is 1100. The van der Waals surface area contributed by atoms with Gasteiger partial charge in [-0.15, -0.1) is 11.3 Å². The summed E-state index contributed by atoms with van der Waals surface area (Å²) in [5, 5.41) is 3.74. The molecule has 0 aliphatic carbocycles. The van der Waals surface area contributed by atoms with Crippen molar-refractivity contribution in [2.75, 3.05) is 19.0 Å². The molecule has 0 saturated carbocycles. The molecule has 1 aromatic heterocycles. The monoisotopic (exact) mass is 571 g/mol. The molecule has 5 nitrogen and oxygen atoms in total. The minimum atomic E-state index is -0.520. The molecule has 1 amide bonds. The molecular weight excluding hydrogens is 558 g/mol. The van der Waals surface area contributed by atoms with Crippen LogP contribution in [0.3, 0.4) is 0 Å². The number of carbonyl (C=O) groups is 2. The summed E-state index contributed by atoms with van der Waals surface area (Å²) in [6.07, 6.45) is 0. The molecule has 156 valence electrons. The van der Waals surface area contributed by atoms with E-state index in [1.165, 1.54) is 18.4 Å². The Morgan fingerprint density at radius 2 is 1.83 bits per heavy atom. The molecule has 0 fully saturated rings. The summed E-state index contributed by atoms with van der Waals surface area (Å²) in [4.78, 5) is 25.9. The molecule has 0 spiro atoms. The van der Waals surface area contributed by atoms with Gasteiger partial charge in [-0.05, 0) is 58.7 Å². The van der Waals surface area contributed by atoms with Crippen LogP contribution in [0.25, 0.3) is 11.1 Å². The zero-order valence-corrected chi connectivity index (χ0v) is 20.7. The van der Waals surface area contributed by atoms with Crippen molar-refractivity contribution in [3.63, 3.8) is 0 Å². The fraction of sp³-hybridized carbons (Fsp3) is 0.143. The number of amides is 1. The summed E-state index contributed by atoms with van der Waals surface area (Å²) in [6, 6.07) is 12.6. The number of benzene rings is 2. The molecule has 1 heterocycles. The number of rotatable bonds is 6. The van der Waals surface area contributed by atoms with Crippen molar-refractivity contribution < 1.29 is 19.1 Å². The molecule has 3 rings (SSSR count). The van der Waals surface area contributed by atoms with Crippen LogP contribution in [-0.4, -0.2) is 25.6 Å². The molecule has 0 atom stereocenters. The van der Waals surface area contributed by atoms with Crippen LogP contribution in [0.1, 0.15) is 15.2 Å². The van der Waals surface area contributed by atoms with E-state index in [0.29, 0.717) is 25.8 Å². The third kappa shape index (κ3) is 5.24. The minimum Gasteiger partial charge on any atom is -0.483 e. The SMILES string of the molecule is COC(=O)c1c(NC(=O)COc2ccc(Cl)cc2Br)sc(C)c1-c1ccc(Br)cc1. The second-order valence-electron chi connectivity index (χ2n) is 6.15. The molecule has 0 radical (unpaired) electrons. The Balaban J connectivity index is 1.84. The van der Waals surface area contributed by atoms with E-state index in [1.807, 2.05) is 31.2 Å². The summed E-state index contributed by atoms with van der Waals surface area (Å²) >= 11 is 14.0. The molecule has 9 heteroatoms. The number of esters is 1. The summed E-state index contributed by atoms with van der Waals surface area (Å²) in [5.41, 5.74) is 1.91. The maximum absolute atomic E-state index is 12.5. The fourth-order valence-corrected chi connectivity index (χ4v) is 4.93. The maximum Gasteiger partial charge on any atom is 0.341 e. The van der Waals surface area contributed by atoms with Crippen molar-refractivity contribution in [2.24, 2.45) is 0 Å². The number of aryl methyl sites for hydroxylation is 1. The summed E-state index contributed by atoms with van der Waals surface area (Å²) in [5.74, 6) is -0.430. The third-order valence-corrected chi connectivity index (χ3v) is 6.52. The van der Waals surface area contributed by atoms with Crippen molar-refractivity contribution in [3.05, 3.63) is 66.9 Å². The van der Waals surface area contributed by atoms with Crippen LogP contribution >= 0.6 is 54.8 Å². The van der Waals surface area contributed by atoms with Gasteiger partial charge in [-0.25, -0.2) is 4.79 Å². The Labute approximate surface area is 199 Å². The zero-order valence-electron chi connectivity index (χ0n) is 15.9. The summed E-state index contributed by atoms with van der Waals surface area (Å²) in [7, 11) is 1.31. The van der Waals surface area contributed by atoms with Gasteiger partial charge in [0, 0.05) is 19.9 Å². The largest absolute Gasteiger partial charge is 0.483 e. The van der Waals surface area contributed by atoms with E-state index in [4.69, 9.17) is 21.1 Å². The second kappa shape index (κ2) is 9.96. The van der Waals surface area contributed by atoms with Gasteiger partial charge in [-0.1, -0.05) is 39.7 Å². The minimum absolute atomic E-state index is 0.231. The van der Waals surface area contributed by atoms with Gasteiger partial charge in [-0.3, -0.25) is 4.79 Å². The first-order valence-corrected chi connectivity index (χ1v) is 11.4. The number of hydrogen-bond acceptors (Lipinski definition) is 5. The van der Waals surface area contributed by atoms with Crippen molar-refractivity contribution in [2.45, 2.75) is 6.92 Å². The normalized spacial score (nSPS) is 10.6. The van der Waals surface area contributed by atoms with Crippen LogP contribution < -0.4 is 10.1 Å². The lowest BCUT2D eigenvalue weighted by Gasteiger charge is -2.10. The molecular formula is C21H16Br2ClNO4S. The zero-order chi connectivity index (χ0) is 21.8. The standard InChI is InChI=1S/C21H16Br2ClNO4S/c1-11-18(12-3-5-13(22)6-4-12)19(21(27)28-2)20(30-11)25-17(26)10-29-16-8-7-14(24)9-15(16)23/h3-9H,10H2,1-2H3,(H,25,26). The Morgan fingerprint density at radius 3 is 2.47 bits per heavy atom. The van der Waals surface area contributed by atoms with E-state index in [1.54, 1.807) is 18.2 Å². The summed E-state index contributed by atoms with van der Waals surface area (Å²) in [6.45, 7) is 1.66. The number of hydrogen-bond donors (Lipinski definition) is 1. The van der Waals surface area contributed by atoms with Crippen LogP contribution in [0.5, 0.6) is 5.75 Å². The van der Waals surface area contributed by atoms with Gasteiger partial charge >= 0.3 is 5.97 Å². The van der Waals surface area contributed by atoms with Gasteiger partial charge < -0.3 is 14.8 Å². The first-order chi connectivity index (χ1) is 14.3. The van der Waals surface area contributed by atoms with Crippen LogP contribution in [0.15, 0.2) is 51.4 Å². The molecule has 0 saturated heterocycles. The average Bonchev–Trinajstić information content (AvgIpc) is 3.03. The van der Waals surface area contributed by atoms with Crippen LogP contribution in [0, 0.1) is 6.92 Å². The maximum atomic E-state index is 12.5. The number of nitrogens with one attached hydrogen (secondary N) is 1. The number of anilines is 1. The molecule has 1 N–H and O–H groups in total. The van der Waals surface area contributed by atoms with E-state index in [-0.39, 0.29) is 6.61 Å². The van der Waals surface area contributed by atoms with Crippen molar-refractivity contribution in [1.29, 1.82) is 0 Å². The predicted molar refractivity (Wildman–Crippen MR) is 127 cm³/mol. The highest BCUT2D eigenvalue weighted by atomic mass is 79.9. The smallest absolute Gasteiger partial charge is 0.341 e. The lowest BCUT2D eigenvalue weighted by molar-refractivity contribution is -0.118. The quantitative estimate of drug-likeness (QED) is 0.333. The van der Waals surface area contributed by atoms with Crippen LogP contribution in [0.4, 0.5) is 5.00 Å². The molecule has 0 unspecified atom stereocenters. The topological polar surface area (TPSA) is 64.6 Å². The van der Waals surface area contributed by atoms with Crippen molar-refractivity contribution in [3.8, 4) is 16.9 Å². The third-order valence-electron chi connectivity index (χ3n) is 4.11. The fourth-order valence-electron chi connectivity index (χ4n) is 2.79. The molecule has 0 aliphatic rings. The number of halogens is 3. The predicted octanol–water partition coefficient (Wildman–Crippen LogP) is 6.71. The molecule has 2 aromatic carbocycles. The van der Waals surface area contributed by atoms with Gasteiger partial charge in [0.25, 0.3) is 5.91 Å². The number of carbonyl (C=O) groups excluding carboxylic acids is 2. The summed E-state index contributed by atoms with van der Waals surface area (Å²) < 4.78 is 12.1. The van der Waals surface area contributed by atoms with Crippen LogP contribution in [-0.2, 0) is 9.53 Å². The number of methoxy groups -OCH3 is 1. The van der Waals surface area contributed by atoms with E-state index in [2.05, 4.69) is 37.2 Å². The highest BCUT2D eigenvalue weighted by molar-refractivity contribution is 9.10. The molecule has 30 heavy (non-hydrogen) atoms. The Morgan fingerprint density at radius 1 is 1.13 bits per heavy atom.